The van der Waals surface area contributed by atoms with Crippen molar-refractivity contribution in [1.82, 2.24) is 4.98 Å². The van der Waals surface area contributed by atoms with Crippen LogP contribution in [0.25, 0.3) is 51.6 Å². The first-order valence-corrected chi connectivity index (χ1v) is 12.6. The summed E-state index contributed by atoms with van der Waals surface area (Å²) in [7, 11) is 0. The first-order valence-electron chi connectivity index (χ1n) is 10.1. The third-order valence-electron chi connectivity index (χ3n) is 5.80. The van der Waals surface area contributed by atoms with Crippen molar-refractivity contribution < 1.29 is 0 Å². The van der Waals surface area contributed by atoms with Crippen LogP contribution in [0.15, 0.2) is 54.0 Å². The van der Waals surface area contributed by atoms with Crippen LogP contribution in [-0.4, -0.2) is 4.98 Å². The maximum atomic E-state index is 4.91. The molecule has 2 aromatic carbocycles. The van der Waals surface area contributed by atoms with Crippen molar-refractivity contribution >= 4 is 74.4 Å². The van der Waals surface area contributed by atoms with Gasteiger partial charge in [-0.3, -0.25) is 4.98 Å². The predicted octanol–water partition coefficient (Wildman–Crippen LogP) is 9.15. The quantitative estimate of drug-likeness (QED) is 0.247. The van der Waals surface area contributed by atoms with Gasteiger partial charge in [0.05, 0.1) is 5.69 Å². The van der Waals surface area contributed by atoms with Crippen LogP contribution in [0.3, 0.4) is 0 Å². The van der Waals surface area contributed by atoms with E-state index in [0.29, 0.717) is 0 Å². The van der Waals surface area contributed by atoms with Crippen molar-refractivity contribution in [2.45, 2.75) is 33.1 Å². The Balaban J connectivity index is 1.72. The zero-order chi connectivity index (χ0) is 20.6. The molecule has 0 bridgehead atoms. The van der Waals surface area contributed by atoms with Crippen LogP contribution in [0.5, 0.6) is 0 Å². The molecule has 0 radical (unpaired) electrons. The summed E-state index contributed by atoms with van der Waals surface area (Å²) in [4.78, 5) is 6.28. The molecule has 0 aliphatic rings. The molecule has 148 valence electrons. The molecule has 0 aliphatic carbocycles. The Morgan fingerprint density at radius 1 is 0.833 bits per heavy atom. The normalized spacial score (nSPS) is 12.7. The van der Waals surface area contributed by atoms with Crippen molar-refractivity contribution in [1.29, 1.82) is 0 Å². The van der Waals surface area contributed by atoms with E-state index in [1.807, 2.05) is 40.2 Å². The number of nitrogens with zero attached hydrogens (tertiary/aromatic N) is 1. The van der Waals surface area contributed by atoms with Crippen molar-refractivity contribution in [3.8, 4) is 11.3 Å². The van der Waals surface area contributed by atoms with Crippen molar-refractivity contribution in [2.75, 3.05) is 0 Å². The lowest BCUT2D eigenvalue weighted by molar-refractivity contribution is 0.597. The largest absolute Gasteiger partial charge is 0.256 e. The molecule has 0 spiro atoms. The maximum absolute atomic E-state index is 4.91. The lowest BCUT2D eigenvalue weighted by atomic mass is 9.85. The molecular formula is C26H21NS3. The van der Waals surface area contributed by atoms with E-state index in [-0.39, 0.29) is 5.41 Å². The van der Waals surface area contributed by atoms with Gasteiger partial charge in [-0.2, -0.15) is 0 Å². The molecule has 0 atom stereocenters. The van der Waals surface area contributed by atoms with Crippen LogP contribution >= 0.6 is 34.0 Å². The van der Waals surface area contributed by atoms with Gasteiger partial charge in [0, 0.05) is 51.6 Å². The molecular weight excluding hydrogens is 422 g/mol. The molecule has 6 aromatic rings. The van der Waals surface area contributed by atoms with Gasteiger partial charge in [0.1, 0.15) is 0 Å². The average molecular weight is 444 g/mol. The zero-order valence-electron chi connectivity index (χ0n) is 17.4. The number of benzene rings is 2. The Morgan fingerprint density at radius 3 is 2.53 bits per heavy atom. The van der Waals surface area contributed by atoms with E-state index in [1.165, 1.54) is 56.3 Å². The summed E-state index contributed by atoms with van der Waals surface area (Å²) in [6, 6.07) is 16.0. The monoisotopic (exact) mass is 443 g/mol. The topological polar surface area (TPSA) is 12.9 Å². The Labute approximate surface area is 187 Å². The third kappa shape index (κ3) is 2.67. The van der Waals surface area contributed by atoms with Gasteiger partial charge in [-0.25, -0.2) is 0 Å². The number of aromatic nitrogens is 1. The number of thiophene rings is 3. The molecule has 0 N–H and O–H groups in total. The van der Waals surface area contributed by atoms with E-state index < -0.39 is 0 Å². The highest BCUT2D eigenvalue weighted by Gasteiger charge is 2.21. The van der Waals surface area contributed by atoms with Gasteiger partial charge in [-0.1, -0.05) is 26.8 Å². The summed E-state index contributed by atoms with van der Waals surface area (Å²) in [6.07, 6.45) is 1.97. The minimum absolute atomic E-state index is 0.0874. The van der Waals surface area contributed by atoms with Crippen LogP contribution in [0.4, 0.5) is 0 Å². The highest BCUT2D eigenvalue weighted by atomic mass is 32.1. The van der Waals surface area contributed by atoms with E-state index in [2.05, 4.69) is 75.5 Å². The number of rotatable bonds is 1. The van der Waals surface area contributed by atoms with Gasteiger partial charge in [0.15, 0.2) is 0 Å². The van der Waals surface area contributed by atoms with Gasteiger partial charge in [0.25, 0.3) is 0 Å². The van der Waals surface area contributed by atoms with Crippen LogP contribution in [0, 0.1) is 6.92 Å². The third-order valence-corrected chi connectivity index (χ3v) is 8.98. The SMILES string of the molecule is Cc1cc2c(ccc3c2sc2ccnc(-c4cc(C(C)(C)C)c5sccc5c4)c23)s1. The molecule has 0 fully saturated rings. The highest BCUT2D eigenvalue weighted by Crippen LogP contribution is 2.45. The fraction of sp³-hybridized carbons (Fsp3) is 0.192. The summed E-state index contributed by atoms with van der Waals surface area (Å²) >= 11 is 5.61. The molecule has 30 heavy (non-hydrogen) atoms. The molecule has 0 amide bonds. The zero-order valence-corrected chi connectivity index (χ0v) is 19.8. The molecule has 4 aromatic heterocycles. The van der Waals surface area contributed by atoms with Crippen molar-refractivity contribution in [3.63, 3.8) is 0 Å². The second kappa shape index (κ2) is 6.36. The van der Waals surface area contributed by atoms with Crippen molar-refractivity contribution in [3.05, 3.63) is 64.5 Å². The first kappa shape index (κ1) is 18.5. The molecule has 0 saturated carbocycles. The Hall–Kier alpha value is -2.27. The number of hydrogen-bond acceptors (Lipinski definition) is 4. The summed E-state index contributed by atoms with van der Waals surface area (Å²) in [6.45, 7) is 9.10. The van der Waals surface area contributed by atoms with E-state index in [4.69, 9.17) is 4.98 Å². The predicted molar refractivity (Wildman–Crippen MR) is 137 cm³/mol. The smallest absolute Gasteiger partial charge is 0.0795 e. The number of aryl methyl sites for hydroxylation is 1. The lowest BCUT2D eigenvalue weighted by Crippen LogP contribution is -2.11. The fourth-order valence-corrected chi connectivity index (χ4v) is 7.73. The van der Waals surface area contributed by atoms with Crippen molar-refractivity contribution in [2.24, 2.45) is 0 Å². The highest BCUT2D eigenvalue weighted by molar-refractivity contribution is 7.27. The summed E-state index contributed by atoms with van der Waals surface area (Å²) in [5.41, 5.74) is 3.81. The Kier molecular flexibility index (Phi) is 3.92. The van der Waals surface area contributed by atoms with Gasteiger partial charge in [-0.15, -0.1) is 34.0 Å². The number of pyridine rings is 1. The molecule has 0 unspecified atom stereocenters. The second-order valence-electron chi connectivity index (χ2n) is 8.96. The molecule has 1 nitrogen and oxygen atoms in total. The van der Waals surface area contributed by atoms with E-state index >= 15 is 0 Å². The fourth-order valence-electron chi connectivity index (χ4n) is 4.41. The summed E-state index contributed by atoms with van der Waals surface area (Å²) < 4.78 is 5.46. The van der Waals surface area contributed by atoms with E-state index in [9.17, 15) is 0 Å². The second-order valence-corrected chi connectivity index (χ2v) is 12.2. The van der Waals surface area contributed by atoms with Crippen LogP contribution in [0.2, 0.25) is 0 Å². The molecule has 4 heteroatoms. The standard InChI is InChI=1S/C26H21NS3/c1-14-11-18-20(29-14)6-5-17-22-21(30-25(17)18)7-9-27-23(22)16-12-15-8-10-28-24(15)19(13-16)26(2,3)4/h5-13H,1-4H3. The van der Waals surface area contributed by atoms with Crippen LogP contribution in [-0.2, 0) is 5.41 Å². The average Bonchev–Trinajstić information content (AvgIpc) is 3.40. The first-order chi connectivity index (χ1) is 14.4. The van der Waals surface area contributed by atoms with Gasteiger partial charge in [0.2, 0.25) is 0 Å². The molecule has 6 rings (SSSR count). The van der Waals surface area contributed by atoms with E-state index in [0.717, 1.165) is 5.69 Å². The Bertz CT molecular complexity index is 1590. The van der Waals surface area contributed by atoms with Gasteiger partial charge in [-0.05, 0) is 65.1 Å². The lowest BCUT2D eigenvalue weighted by Gasteiger charge is -2.21. The maximum Gasteiger partial charge on any atom is 0.0795 e. The van der Waals surface area contributed by atoms with E-state index in [1.54, 1.807) is 0 Å². The molecule has 4 heterocycles. The van der Waals surface area contributed by atoms with Crippen LogP contribution in [0.1, 0.15) is 31.2 Å². The van der Waals surface area contributed by atoms with Crippen LogP contribution < -0.4 is 0 Å². The Morgan fingerprint density at radius 2 is 1.70 bits per heavy atom. The van der Waals surface area contributed by atoms with Gasteiger partial charge >= 0.3 is 0 Å². The minimum Gasteiger partial charge on any atom is -0.256 e. The molecule has 0 aliphatic heterocycles. The molecule has 0 saturated heterocycles. The number of fused-ring (bicyclic) bond motifs is 6. The summed E-state index contributed by atoms with van der Waals surface area (Å²) in [5, 5.41) is 7.51. The summed E-state index contributed by atoms with van der Waals surface area (Å²) in [5.74, 6) is 0. The minimum atomic E-state index is 0.0874. The van der Waals surface area contributed by atoms with Gasteiger partial charge < -0.3 is 0 Å². The number of hydrogen-bond donors (Lipinski definition) is 0.